The molecule has 0 aromatic heterocycles. The molecule has 0 spiro atoms. The zero-order valence-electron chi connectivity index (χ0n) is 6.12. The molecule has 1 heterocycles. The Hall–Kier alpha value is -0.690. The second-order valence-corrected chi connectivity index (χ2v) is 2.59. The minimum atomic E-state index is -1.63. The zero-order valence-corrected chi connectivity index (χ0v) is 6.12. The molecule has 0 radical (unpaired) electrons. The van der Waals surface area contributed by atoms with Gasteiger partial charge in [0.15, 0.2) is 12.2 Å². The summed E-state index contributed by atoms with van der Waals surface area (Å²) >= 11 is 0. The van der Waals surface area contributed by atoms with Gasteiger partial charge in [-0.15, -0.1) is 0 Å². The molecule has 4 N–H and O–H groups in total. The standard InChI is InChI=1S/C6H10O6/c7-1-2(8)5-3(9)4(10)6(11)12-5/h2-5,7-10H,1H2/t2-,3+,4+,5+/m1/s1. The molecule has 6 heteroatoms. The lowest BCUT2D eigenvalue weighted by atomic mass is 10.1. The van der Waals surface area contributed by atoms with Crippen molar-refractivity contribution in [1.29, 1.82) is 0 Å². The Balaban J connectivity index is 2.64. The summed E-state index contributed by atoms with van der Waals surface area (Å²) in [7, 11) is 0. The number of cyclic esters (lactones) is 1. The molecule has 0 bridgehead atoms. The number of hydrogen-bond donors (Lipinski definition) is 4. The van der Waals surface area contributed by atoms with Gasteiger partial charge in [0.05, 0.1) is 6.61 Å². The van der Waals surface area contributed by atoms with Gasteiger partial charge in [-0.1, -0.05) is 0 Å². The van der Waals surface area contributed by atoms with E-state index in [-0.39, 0.29) is 0 Å². The summed E-state index contributed by atoms with van der Waals surface area (Å²) in [5.74, 6) is -0.986. The first-order chi connectivity index (χ1) is 5.57. The molecule has 1 rings (SSSR count). The number of hydrogen-bond acceptors (Lipinski definition) is 6. The molecular formula is C6H10O6. The van der Waals surface area contributed by atoms with Crippen LogP contribution < -0.4 is 0 Å². The minimum absolute atomic E-state index is 0.637. The van der Waals surface area contributed by atoms with Gasteiger partial charge >= 0.3 is 5.97 Å². The number of rotatable bonds is 2. The summed E-state index contributed by atoms with van der Waals surface area (Å²) in [5.41, 5.74) is 0. The molecule has 0 saturated carbocycles. The van der Waals surface area contributed by atoms with Crippen LogP contribution in [0.3, 0.4) is 0 Å². The van der Waals surface area contributed by atoms with Crippen molar-refractivity contribution in [3.8, 4) is 0 Å². The van der Waals surface area contributed by atoms with Gasteiger partial charge in [0.2, 0.25) is 0 Å². The number of aliphatic hydroxyl groups is 4. The van der Waals surface area contributed by atoms with Gasteiger partial charge in [-0.05, 0) is 0 Å². The average molecular weight is 178 g/mol. The first-order valence-electron chi connectivity index (χ1n) is 3.43. The predicted octanol–water partition coefficient (Wildman–Crippen LogP) is -3.01. The Kier molecular flexibility index (Phi) is 2.63. The molecular weight excluding hydrogens is 168 g/mol. The third-order valence-electron chi connectivity index (χ3n) is 1.72. The van der Waals surface area contributed by atoms with Crippen LogP contribution >= 0.6 is 0 Å². The summed E-state index contributed by atoms with van der Waals surface area (Å²) in [6, 6.07) is 0. The van der Waals surface area contributed by atoms with Crippen molar-refractivity contribution in [2.45, 2.75) is 24.4 Å². The van der Waals surface area contributed by atoms with E-state index in [1.807, 2.05) is 0 Å². The van der Waals surface area contributed by atoms with Crippen molar-refractivity contribution in [3.63, 3.8) is 0 Å². The molecule has 1 aliphatic heterocycles. The molecule has 0 unspecified atom stereocenters. The molecule has 0 amide bonds. The molecule has 1 saturated heterocycles. The summed E-state index contributed by atoms with van der Waals surface area (Å²) in [5, 5.41) is 35.3. The molecule has 70 valence electrons. The highest BCUT2D eigenvalue weighted by molar-refractivity contribution is 5.77. The summed E-state index contributed by atoms with van der Waals surface area (Å²) in [6.45, 7) is -0.637. The SMILES string of the molecule is O=C1O[C@@H]([C@H](O)CO)[C@@H](O)[C@@H]1O. The van der Waals surface area contributed by atoms with Crippen molar-refractivity contribution in [1.82, 2.24) is 0 Å². The molecule has 0 aromatic carbocycles. The lowest BCUT2D eigenvalue weighted by molar-refractivity contribution is -0.151. The molecule has 6 nitrogen and oxygen atoms in total. The molecule has 0 aromatic rings. The van der Waals surface area contributed by atoms with E-state index < -0.39 is 37.0 Å². The summed E-state index contributed by atoms with van der Waals surface area (Å²) in [4.78, 5) is 10.6. The maximum atomic E-state index is 10.6. The summed E-state index contributed by atoms with van der Waals surface area (Å²) in [6.07, 6.45) is -5.70. The topological polar surface area (TPSA) is 107 Å². The molecule has 4 atom stereocenters. The van der Waals surface area contributed by atoms with Crippen LogP contribution in [0.15, 0.2) is 0 Å². The van der Waals surface area contributed by atoms with Crippen molar-refractivity contribution >= 4 is 5.97 Å². The van der Waals surface area contributed by atoms with Crippen molar-refractivity contribution < 1.29 is 30.0 Å². The van der Waals surface area contributed by atoms with Crippen LogP contribution in [0.4, 0.5) is 0 Å². The van der Waals surface area contributed by atoms with Crippen molar-refractivity contribution in [2.75, 3.05) is 6.61 Å². The Bertz CT molecular complexity index is 181. The van der Waals surface area contributed by atoms with Gasteiger partial charge in [0.1, 0.15) is 12.2 Å². The van der Waals surface area contributed by atoms with E-state index in [1.165, 1.54) is 0 Å². The normalized spacial score (nSPS) is 38.0. The molecule has 1 fully saturated rings. The number of carbonyl (C=O) groups excluding carboxylic acids is 1. The van der Waals surface area contributed by atoms with E-state index in [0.29, 0.717) is 0 Å². The van der Waals surface area contributed by atoms with E-state index in [9.17, 15) is 4.79 Å². The fraction of sp³-hybridized carbons (Fsp3) is 0.833. The largest absolute Gasteiger partial charge is 0.455 e. The van der Waals surface area contributed by atoms with Crippen LogP contribution in [0, 0.1) is 0 Å². The van der Waals surface area contributed by atoms with Gasteiger partial charge in [0, 0.05) is 0 Å². The maximum absolute atomic E-state index is 10.6. The number of ether oxygens (including phenoxy) is 1. The van der Waals surface area contributed by atoms with Gasteiger partial charge < -0.3 is 25.2 Å². The third kappa shape index (κ3) is 1.42. The second-order valence-electron chi connectivity index (χ2n) is 2.59. The smallest absolute Gasteiger partial charge is 0.338 e. The van der Waals surface area contributed by atoms with E-state index in [1.54, 1.807) is 0 Å². The van der Waals surface area contributed by atoms with E-state index in [4.69, 9.17) is 20.4 Å². The highest BCUT2D eigenvalue weighted by atomic mass is 16.6. The summed E-state index contributed by atoms with van der Waals surface area (Å²) < 4.78 is 4.39. The number of esters is 1. The average Bonchev–Trinajstić information content (AvgIpc) is 2.32. The second kappa shape index (κ2) is 3.36. The monoisotopic (exact) mass is 178 g/mol. The van der Waals surface area contributed by atoms with E-state index in [0.717, 1.165) is 0 Å². The fourth-order valence-corrected chi connectivity index (χ4v) is 1.00. The first-order valence-corrected chi connectivity index (χ1v) is 3.43. The van der Waals surface area contributed by atoms with Crippen LogP contribution in [-0.4, -0.2) is 57.4 Å². The Morgan fingerprint density at radius 3 is 2.42 bits per heavy atom. The quantitative estimate of drug-likeness (QED) is 0.335. The minimum Gasteiger partial charge on any atom is -0.455 e. The third-order valence-corrected chi connectivity index (χ3v) is 1.72. The number of carbonyl (C=O) groups is 1. The molecule has 0 aliphatic carbocycles. The van der Waals surface area contributed by atoms with Crippen LogP contribution in [0.5, 0.6) is 0 Å². The fourth-order valence-electron chi connectivity index (χ4n) is 1.00. The van der Waals surface area contributed by atoms with Crippen molar-refractivity contribution in [3.05, 3.63) is 0 Å². The van der Waals surface area contributed by atoms with E-state index >= 15 is 0 Å². The van der Waals surface area contributed by atoms with Gasteiger partial charge in [-0.25, -0.2) is 4.79 Å². The van der Waals surface area contributed by atoms with Crippen LogP contribution in [0.25, 0.3) is 0 Å². The van der Waals surface area contributed by atoms with Gasteiger partial charge in [-0.3, -0.25) is 0 Å². The maximum Gasteiger partial charge on any atom is 0.338 e. The van der Waals surface area contributed by atoms with Crippen LogP contribution in [0.2, 0.25) is 0 Å². The zero-order chi connectivity index (χ0) is 9.30. The molecule has 1 aliphatic rings. The Morgan fingerprint density at radius 2 is 2.08 bits per heavy atom. The van der Waals surface area contributed by atoms with Crippen molar-refractivity contribution in [2.24, 2.45) is 0 Å². The van der Waals surface area contributed by atoms with Gasteiger partial charge in [-0.2, -0.15) is 0 Å². The van der Waals surface area contributed by atoms with E-state index in [2.05, 4.69) is 4.74 Å². The number of aliphatic hydroxyl groups excluding tert-OH is 4. The first kappa shape index (κ1) is 9.40. The van der Waals surface area contributed by atoms with Crippen LogP contribution in [0.1, 0.15) is 0 Å². The predicted molar refractivity (Wildman–Crippen MR) is 35.0 cm³/mol. The Labute approximate surface area is 68.0 Å². The highest BCUT2D eigenvalue weighted by Crippen LogP contribution is 2.18. The van der Waals surface area contributed by atoms with Gasteiger partial charge in [0.25, 0.3) is 0 Å². The molecule has 12 heavy (non-hydrogen) atoms. The van der Waals surface area contributed by atoms with Crippen LogP contribution in [-0.2, 0) is 9.53 Å². The highest BCUT2D eigenvalue weighted by Gasteiger charge is 2.45. The Morgan fingerprint density at radius 1 is 1.50 bits per heavy atom. The lowest BCUT2D eigenvalue weighted by Gasteiger charge is -2.17. The lowest BCUT2D eigenvalue weighted by Crippen LogP contribution is -2.40.